The van der Waals surface area contributed by atoms with Crippen molar-refractivity contribution in [1.29, 1.82) is 0 Å². The zero-order valence-corrected chi connectivity index (χ0v) is 17.0. The number of likely N-dealkylation sites (tertiary alicyclic amines) is 1. The fourth-order valence-corrected chi connectivity index (χ4v) is 5.05. The lowest BCUT2D eigenvalue weighted by Crippen LogP contribution is -2.48. The highest BCUT2D eigenvalue weighted by Gasteiger charge is 2.53. The van der Waals surface area contributed by atoms with Crippen molar-refractivity contribution in [1.82, 2.24) is 9.80 Å². The molecule has 1 aromatic carbocycles. The third-order valence-electron chi connectivity index (χ3n) is 5.82. The molecule has 1 spiro atoms. The van der Waals surface area contributed by atoms with E-state index in [1.54, 1.807) is 0 Å². The summed E-state index contributed by atoms with van der Waals surface area (Å²) in [4.78, 5) is 5.80. The molecule has 3 aliphatic rings. The van der Waals surface area contributed by atoms with Crippen molar-refractivity contribution in [3.05, 3.63) is 34.3 Å². The van der Waals surface area contributed by atoms with Gasteiger partial charge in [-0.05, 0) is 38.1 Å². The quantitative estimate of drug-likeness (QED) is 0.692. The first-order valence-electron chi connectivity index (χ1n) is 9.13. The number of rotatable bonds is 3. The average molecular weight is 425 g/mol. The Hall–Kier alpha value is -0.530. The van der Waals surface area contributed by atoms with Crippen molar-refractivity contribution in [2.75, 3.05) is 33.4 Å². The van der Waals surface area contributed by atoms with E-state index in [1.165, 1.54) is 25.9 Å². The molecule has 2 aliphatic heterocycles. The minimum atomic E-state index is -0.401. The van der Waals surface area contributed by atoms with E-state index < -0.39 is 5.79 Å². The molecule has 25 heavy (non-hydrogen) atoms. The van der Waals surface area contributed by atoms with Gasteiger partial charge in [-0.2, -0.15) is 0 Å². The summed E-state index contributed by atoms with van der Waals surface area (Å²) in [5, 5.41) is 0. The Morgan fingerprint density at radius 3 is 2.44 bits per heavy atom. The van der Waals surface area contributed by atoms with Gasteiger partial charge in [0.05, 0.1) is 19.3 Å². The number of nitrogens with zero attached hydrogens (tertiary/aromatic N) is 2. The highest BCUT2D eigenvalue weighted by Crippen LogP contribution is 2.42. The van der Waals surface area contributed by atoms with Gasteiger partial charge in [0, 0.05) is 36.0 Å². The molecule has 2 unspecified atom stereocenters. The van der Waals surface area contributed by atoms with Crippen molar-refractivity contribution < 1.29 is 9.47 Å². The van der Waals surface area contributed by atoms with Crippen LogP contribution in [0.15, 0.2) is 28.7 Å². The van der Waals surface area contributed by atoms with Crippen LogP contribution in [0.4, 0.5) is 0 Å². The molecule has 1 saturated carbocycles. The second-order valence-electron chi connectivity index (χ2n) is 7.32. The summed E-state index contributed by atoms with van der Waals surface area (Å²) in [6.45, 7) is 3.77. The molecular weight excluding hydrogens is 400 g/mol. The highest BCUT2D eigenvalue weighted by molar-refractivity contribution is 9.10. The van der Waals surface area contributed by atoms with Gasteiger partial charge in [0.1, 0.15) is 4.99 Å². The molecule has 136 valence electrons. The summed E-state index contributed by atoms with van der Waals surface area (Å²) in [5.41, 5.74) is 1.09. The van der Waals surface area contributed by atoms with E-state index >= 15 is 0 Å². The molecular formula is C19H25BrN2O2S. The van der Waals surface area contributed by atoms with E-state index in [9.17, 15) is 0 Å². The first-order chi connectivity index (χ1) is 12.1. The molecule has 0 N–H and O–H groups in total. The third-order valence-corrected chi connectivity index (χ3v) is 6.87. The zero-order chi connectivity index (χ0) is 17.4. The lowest BCUT2D eigenvalue weighted by molar-refractivity contribution is -0.154. The third kappa shape index (κ3) is 3.52. The van der Waals surface area contributed by atoms with Crippen LogP contribution in [0.2, 0.25) is 0 Å². The van der Waals surface area contributed by atoms with Crippen molar-refractivity contribution in [2.45, 2.75) is 43.6 Å². The van der Waals surface area contributed by atoms with E-state index in [-0.39, 0.29) is 0 Å². The van der Waals surface area contributed by atoms with Crippen LogP contribution >= 0.6 is 28.1 Å². The topological polar surface area (TPSA) is 24.9 Å². The van der Waals surface area contributed by atoms with Crippen molar-refractivity contribution >= 4 is 33.1 Å². The molecule has 6 heteroatoms. The fraction of sp³-hybridized carbons (Fsp3) is 0.632. The Balaban J connectivity index is 1.56. The second-order valence-corrected chi connectivity index (χ2v) is 8.62. The van der Waals surface area contributed by atoms with Gasteiger partial charge in [0.25, 0.3) is 0 Å². The van der Waals surface area contributed by atoms with E-state index in [0.29, 0.717) is 25.3 Å². The van der Waals surface area contributed by atoms with E-state index in [0.717, 1.165) is 27.9 Å². The zero-order valence-electron chi connectivity index (χ0n) is 14.6. The number of likely N-dealkylation sites (N-methyl/N-ethyl adjacent to an activating group) is 1. The van der Waals surface area contributed by atoms with Crippen molar-refractivity contribution in [2.24, 2.45) is 0 Å². The van der Waals surface area contributed by atoms with E-state index in [1.807, 2.05) is 12.1 Å². The van der Waals surface area contributed by atoms with Gasteiger partial charge in [-0.25, -0.2) is 0 Å². The lowest BCUT2D eigenvalue weighted by Gasteiger charge is -2.36. The maximum atomic E-state index is 6.05. The van der Waals surface area contributed by atoms with Crippen LogP contribution in [0.25, 0.3) is 0 Å². The summed E-state index contributed by atoms with van der Waals surface area (Å²) in [6.07, 6.45) is 4.42. The molecule has 2 heterocycles. The molecule has 2 saturated heterocycles. The molecule has 2 atom stereocenters. The fourth-order valence-electron chi connectivity index (χ4n) is 4.51. The Morgan fingerprint density at radius 1 is 1.16 bits per heavy atom. The van der Waals surface area contributed by atoms with E-state index in [4.69, 9.17) is 21.7 Å². The summed E-state index contributed by atoms with van der Waals surface area (Å²) >= 11 is 9.32. The van der Waals surface area contributed by atoms with Gasteiger partial charge >= 0.3 is 0 Å². The van der Waals surface area contributed by atoms with Crippen LogP contribution in [0.3, 0.4) is 0 Å². The number of ether oxygens (including phenoxy) is 2. The Bertz CT molecular complexity index is 627. The molecule has 0 bridgehead atoms. The first-order valence-corrected chi connectivity index (χ1v) is 10.3. The standard InChI is InChI=1S/C19H25BrN2O2S/c1-21(18(25)14-4-6-15(20)7-5-14)16-12-19(23-10-11-24-19)13-17(16)22-8-2-3-9-22/h4-7,16-17H,2-3,8-13H2,1H3. The number of hydrogen-bond donors (Lipinski definition) is 0. The Kier molecular flexibility index (Phi) is 5.17. The monoisotopic (exact) mass is 424 g/mol. The first kappa shape index (κ1) is 17.9. The SMILES string of the molecule is CN(C(=S)c1ccc(Br)cc1)C1CC2(CC1N1CCCC1)OCCO2. The highest BCUT2D eigenvalue weighted by atomic mass is 79.9. The van der Waals surface area contributed by atoms with Crippen LogP contribution < -0.4 is 0 Å². The van der Waals surface area contributed by atoms with E-state index in [2.05, 4.69) is 44.9 Å². The predicted molar refractivity (Wildman–Crippen MR) is 106 cm³/mol. The predicted octanol–water partition coefficient (Wildman–Crippen LogP) is 3.43. The van der Waals surface area contributed by atoms with Crippen LogP contribution in [0.1, 0.15) is 31.2 Å². The van der Waals surface area contributed by atoms with Crippen molar-refractivity contribution in [3.63, 3.8) is 0 Å². The smallest absolute Gasteiger partial charge is 0.172 e. The summed E-state index contributed by atoms with van der Waals surface area (Å²) in [6, 6.07) is 9.04. The molecule has 0 radical (unpaired) electrons. The molecule has 0 amide bonds. The normalized spacial score (nSPS) is 28.7. The number of thiocarbonyl (C=S) groups is 1. The van der Waals surface area contributed by atoms with Crippen LogP contribution in [-0.2, 0) is 9.47 Å². The molecule has 4 rings (SSSR count). The summed E-state index contributed by atoms with van der Waals surface area (Å²) in [5.74, 6) is -0.401. The van der Waals surface area contributed by atoms with Gasteiger partial charge in [-0.3, -0.25) is 4.90 Å². The summed E-state index contributed by atoms with van der Waals surface area (Å²) in [7, 11) is 2.13. The molecule has 1 aromatic rings. The average Bonchev–Trinajstić information content (AvgIpc) is 3.36. The van der Waals surface area contributed by atoms with Gasteiger partial charge < -0.3 is 14.4 Å². The van der Waals surface area contributed by atoms with Crippen molar-refractivity contribution in [3.8, 4) is 0 Å². The van der Waals surface area contributed by atoms with Crippen LogP contribution in [0.5, 0.6) is 0 Å². The molecule has 3 fully saturated rings. The molecule has 0 aromatic heterocycles. The number of halogens is 1. The van der Waals surface area contributed by atoms with Crippen LogP contribution in [-0.4, -0.2) is 66.0 Å². The van der Waals surface area contributed by atoms with Gasteiger partial charge in [0.15, 0.2) is 5.79 Å². The minimum Gasteiger partial charge on any atom is -0.361 e. The maximum Gasteiger partial charge on any atom is 0.172 e. The van der Waals surface area contributed by atoms with Gasteiger partial charge in [0.2, 0.25) is 0 Å². The Morgan fingerprint density at radius 2 is 1.80 bits per heavy atom. The Labute approximate surface area is 163 Å². The molecule has 1 aliphatic carbocycles. The number of hydrogen-bond acceptors (Lipinski definition) is 4. The maximum absolute atomic E-state index is 6.05. The largest absolute Gasteiger partial charge is 0.361 e. The second kappa shape index (κ2) is 7.24. The summed E-state index contributed by atoms with van der Waals surface area (Å²) < 4.78 is 13.2. The van der Waals surface area contributed by atoms with Gasteiger partial charge in [-0.15, -0.1) is 0 Å². The number of benzene rings is 1. The van der Waals surface area contributed by atoms with Gasteiger partial charge in [-0.1, -0.05) is 40.3 Å². The minimum absolute atomic E-state index is 0.326. The van der Waals surface area contributed by atoms with Crippen LogP contribution in [0, 0.1) is 0 Å². The molecule has 4 nitrogen and oxygen atoms in total. The lowest BCUT2D eigenvalue weighted by atomic mass is 10.1.